The Morgan fingerprint density at radius 2 is 1.86 bits per heavy atom. The quantitative estimate of drug-likeness (QED) is 0.773. The highest BCUT2D eigenvalue weighted by Crippen LogP contribution is 2.25. The Hall–Kier alpha value is -1.02. The smallest absolute Gasteiger partial charge is 0.122 e. The third-order valence-corrected chi connectivity index (χ3v) is 2.23. The van der Waals surface area contributed by atoms with Gasteiger partial charge >= 0.3 is 0 Å². The summed E-state index contributed by atoms with van der Waals surface area (Å²) in [7, 11) is 0. The SMILES string of the molecule is CCc1cccc(CC(C)(C)N)c1O. The van der Waals surface area contributed by atoms with E-state index in [1.807, 2.05) is 39.0 Å². The third-order valence-electron chi connectivity index (χ3n) is 2.23. The Bertz CT molecular complexity index is 313. The van der Waals surface area contributed by atoms with Gasteiger partial charge in [0, 0.05) is 5.54 Å². The lowest BCUT2D eigenvalue weighted by Gasteiger charge is -2.19. The van der Waals surface area contributed by atoms with E-state index >= 15 is 0 Å². The molecule has 0 bridgehead atoms. The number of phenols is 1. The molecule has 0 aliphatic heterocycles. The van der Waals surface area contributed by atoms with Crippen LogP contribution in [0.5, 0.6) is 5.75 Å². The minimum Gasteiger partial charge on any atom is -0.507 e. The first-order valence-electron chi connectivity index (χ1n) is 5.02. The fourth-order valence-corrected chi connectivity index (χ4v) is 1.56. The average Bonchev–Trinajstić information content (AvgIpc) is 2.06. The Morgan fingerprint density at radius 3 is 2.36 bits per heavy atom. The van der Waals surface area contributed by atoms with E-state index in [0.29, 0.717) is 12.2 Å². The van der Waals surface area contributed by atoms with Gasteiger partial charge in [-0.15, -0.1) is 0 Å². The van der Waals surface area contributed by atoms with E-state index in [0.717, 1.165) is 17.5 Å². The number of aryl methyl sites for hydroxylation is 1. The van der Waals surface area contributed by atoms with Crippen LogP contribution in [0.1, 0.15) is 31.9 Å². The van der Waals surface area contributed by atoms with Crippen molar-refractivity contribution in [1.82, 2.24) is 0 Å². The molecule has 0 aliphatic rings. The summed E-state index contributed by atoms with van der Waals surface area (Å²) in [5, 5.41) is 9.90. The van der Waals surface area contributed by atoms with Gasteiger partial charge in [-0.1, -0.05) is 25.1 Å². The lowest BCUT2D eigenvalue weighted by atomic mass is 9.94. The van der Waals surface area contributed by atoms with Crippen LogP contribution >= 0.6 is 0 Å². The maximum atomic E-state index is 9.90. The lowest BCUT2D eigenvalue weighted by molar-refractivity contribution is 0.445. The summed E-state index contributed by atoms with van der Waals surface area (Å²) in [4.78, 5) is 0. The highest BCUT2D eigenvalue weighted by Gasteiger charge is 2.15. The normalized spacial score (nSPS) is 11.7. The van der Waals surface area contributed by atoms with Gasteiger partial charge in [-0.3, -0.25) is 0 Å². The number of aromatic hydroxyl groups is 1. The monoisotopic (exact) mass is 193 g/mol. The molecule has 0 aromatic heterocycles. The molecule has 3 N–H and O–H groups in total. The van der Waals surface area contributed by atoms with Crippen LogP contribution in [0.4, 0.5) is 0 Å². The molecule has 0 radical (unpaired) electrons. The fourth-order valence-electron chi connectivity index (χ4n) is 1.56. The molecule has 0 amide bonds. The fraction of sp³-hybridized carbons (Fsp3) is 0.500. The number of phenolic OH excluding ortho intramolecular Hbond substituents is 1. The van der Waals surface area contributed by atoms with Crippen molar-refractivity contribution in [3.8, 4) is 5.75 Å². The van der Waals surface area contributed by atoms with Crippen LogP contribution in [-0.4, -0.2) is 10.6 Å². The number of para-hydroxylation sites is 1. The van der Waals surface area contributed by atoms with Crippen LogP contribution < -0.4 is 5.73 Å². The summed E-state index contributed by atoms with van der Waals surface area (Å²) in [6.45, 7) is 5.96. The minimum absolute atomic E-state index is 0.274. The van der Waals surface area contributed by atoms with Crippen molar-refractivity contribution in [3.05, 3.63) is 29.3 Å². The Kier molecular flexibility index (Phi) is 3.17. The molecule has 0 heterocycles. The number of benzene rings is 1. The van der Waals surface area contributed by atoms with E-state index < -0.39 is 0 Å². The van der Waals surface area contributed by atoms with E-state index in [9.17, 15) is 5.11 Å². The van der Waals surface area contributed by atoms with Crippen LogP contribution in [0.15, 0.2) is 18.2 Å². The van der Waals surface area contributed by atoms with E-state index in [4.69, 9.17) is 5.73 Å². The van der Waals surface area contributed by atoms with Gasteiger partial charge in [0.1, 0.15) is 5.75 Å². The van der Waals surface area contributed by atoms with Crippen molar-refractivity contribution in [2.24, 2.45) is 5.73 Å². The van der Waals surface area contributed by atoms with Gasteiger partial charge in [-0.05, 0) is 37.8 Å². The minimum atomic E-state index is -0.274. The number of hydrogen-bond donors (Lipinski definition) is 2. The third kappa shape index (κ3) is 2.74. The second-order valence-electron chi connectivity index (χ2n) is 4.44. The van der Waals surface area contributed by atoms with Gasteiger partial charge in [-0.2, -0.15) is 0 Å². The van der Waals surface area contributed by atoms with Crippen molar-refractivity contribution in [2.45, 2.75) is 39.2 Å². The van der Waals surface area contributed by atoms with Gasteiger partial charge < -0.3 is 10.8 Å². The molecule has 2 heteroatoms. The molecular weight excluding hydrogens is 174 g/mol. The maximum absolute atomic E-state index is 9.90. The molecule has 0 atom stereocenters. The van der Waals surface area contributed by atoms with Crippen molar-refractivity contribution >= 4 is 0 Å². The summed E-state index contributed by atoms with van der Waals surface area (Å²) in [6.07, 6.45) is 1.55. The van der Waals surface area contributed by atoms with Crippen LogP contribution in [0.3, 0.4) is 0 Å². The zero-order valence-electron chi connectivity index (χ0n) is 9.17. The Morgan fingerprint density at radius 1 is 1.29 bits per heavy atom. The van der Waals surface area contributed by atoms with E-state index in [1.54, 1.807) is 0 Å². The summed E-state index contributed by atoms with van der Waals surface area (Å²) < 4.78 is 0. The molecule has 0 saturated heterocycles. The van der Waals surface area contributed by atoms with Gasteiger partial charge in [-0.25, -0.2) is 0 Å². The molecule has 0 aliphatic carbocycles. The largest absolute Gasteiger partial charge is 0.507 e. The zero-order chi connectivity index (χ0) is 10.8. The summed E-state index contributed by atoms with van der Waals surface area (Å²) in [5.74, 6) is 0.411. The first kappa shape index (κ1) is 11.1. The first-order chi connectivity index (χ1) is 6.44. The molecule has 0 fully saturated rings. The molecule has 0 spiro atoms. The number of rotatable bonds is 3. The molecular formula is C12H19NO. The number of hydrogen-bond acceptors (Lipinski definition) is 2. The van der Waals surface area contributed by atoms with Crippen LogP contribution in [0.2, 0.25) is 0 Å². The molecule has 14 heavy (non-hydrogen) atoms. The molecule has 1 rings (SSSR count). The number of nitrogens with two attached hydrogens (primary N) is 1. The Balaban J connectivity index is 2.98. The summed E-state index contributed by atoms with van der Waals surface area (Å²) in [5.41, 5.74) is 7.58. The van der Waals surface area contributed by atoms with Gasteiger partial charge in [0.05, 0.1) is 0 Å². The molecule has 1 aromatic carbocycles. The summed E-state index contributed by atoms with van der Waals surface area (Å²) in [6, 6.07) is 5.85. The summed E-state index contributed by atoms with van der Waals surface area (Å²) >= 11 is 0. The van der Waals surface area contributed by atoms with Crippen molar-refractivity contribution in [3.63, 3.8) is 0 Å². The second kappa shape index (κ2) is 4.01. The predicted octanol–water partition coefficient (Wildman–Crippen LogP) is 2.23. The van der Waals surface area contributed by atoms with Crippen molar-refractivity contribution < 1.29 is 5.11 Å². The van der Waals surface area contributed by atoms with Gasteiger partial charge in [0.2, 0.25) is 0 Å². The average molecular weight is 193 g/mol. The van der Waals surface area contributed by atoms with E-state index in [2.05, 4.69) is 0 Å². The van der Waals surface area contributed by atoms with E-state index in [1.165, 1.54) is 0 Å². The topological polar surface area (TPSA) is 46.2 Å². The predicted molar refractivity (Wildman–Crippen MR) is 59.5 cm³/mol. The molecule has 0 saturated carbocycles. The van der Waals surface area contributed by atoms with Crippen molar-refractivity contribution in [2.75, 3.05) is 0 Å². The van der Waals surface area contributed by atoms with Crippen LogP contribution in [-0.2, 0) is 12.8 Å². The molecule has 1 aromatic rings. The van der Waals surface area contributed by atoms with Gasteiger partial charge in [0.25, 0.3) is 0 Å². The first-order valence-corrected chi connectivity index (χ1v) is 5.02. The van der Waals surface area contributed by atoms with Crippen LogP contribution in [0, 0.1) is 0 Å². The standard InChI is InChI=1S/C12H19NO/c1-4-9-6-5-7-10(11(9)14)8-12(2,3)13/h5-7,14H,4,8,13H2,1-3H3. The highest BCUT2D eigenvalue weighted by molar-refractivity contribution is 5.41. The van der Waals surface area contributed by atoms with Gasteiger partial charge in [0.15, 0.2) is 0 Å². The lowest BCUT2D eigenvalue weighted by Crippen LogP contribution is -2.34. The van der Waals surface area contributed by atoms with E-state index in [-0.39, 0.29) is 5.54 Å². The second-order valence-corrected chi connectivity index (χ2v) is 4.44. The Labute approximate surface area is 85.8 Å². The zero-order valence-corrected chi connectivity index (χ0v) is 9.17. The molecule has 0 unspecified atom stereocenters. The highest BCUT2D eigenvalue weighted by atomic mass is 16.3. The molecule has 2 nitrogen and oxygen atoms in total. The molecule has 78 valence electrons. The van der Waals surface area contributed by atoms with Crippen molar-refractivity contribution in [1.29, 1.82) is 0 Å². The maximum Gasteiger partial charge on any atom is 0.122 e. The van der Waals surface area contributed by atoms with Crippen LogP contribution in [0.25, 0.3) is 0 Å².